The van der Waals surface area contributed by atoms with E-state index in [1.54, 1.807) is 29.2 Å². The lowest BCUT2D eigenvalue weighted by Crippen LogP contribution is -2.52. The fourth-order valence-electron chi connectivity index (χ4n) is 3.22. The van der Waals surface area contributed by atoms with Gasteiger partial charge in [0, 0.05) is 37.7 Å². The van der Waals surface area contributed by atoms with E-state index in [9.17, 15) is 17.6 Å². The molecule has 2 aromatic carbocycles. The van der Waals surface area contributed by atoms with Crippen LogP contribution in [-0.4, -0.2) is 68.2 Å². The highest BCUT2D eigenvalue weighted by molar-refractivity contribution is 7.89. The van der Waals surface area contributed by atoms with Crippen molar-refractivity contribution >= 4 is 27.5 Å². The topological polar surface area (TPSA) is 60.9 Å². The number of rotatable bonds is 6. The average molecular weight is 440 g/mol. The molecule has 0 atom stereocenters. The highest BCUT2D eigenvalue weighted by Gasteiger charge is 2.30. The van der Waals surface area contributed by atoms with Gasteiger partial charge in [0.15, 0.2) is 0 Å². The number of hydrogen-bond donors (Lipinski definition) is 0. The molecule has 156 valence electrons. The number of likely N-dealkylation sites (N-methyl/N-ethyl adjacent to an activating group) is 1. The minimum Gasteiger partial charge on any atom is -0.339 e. The van der Waals surface area contributed by atoms with E-state index in [0.29, 0.717) is 24.7 Å². The van der Waals surface area contributed by atoms with Crippen molar-refractivity contribution in [3.8, 4) is 0 Å². The molecule has 1 aliphatic heterocycles. The Morgan fingerprint density at radius 1 is 1.03 bits per heavy atom. The van der Waals surface area contributed by atoms with Gasteiger partial charge in [0.1, 0.15) is 5.82 Å². The molecule has 3 rings (SSSR count). The summed E-state index contributed by atoms with van der Waals surface area (Å²) in [7, 11) is -1.78. The van der Waals surface area contributed by atoms with Gasteiger partial charge in [-0.2, -0.15) is 4.31 Å². The van der Waals surface area contributed by atoms with Crippen LogP contribution in [0.2, 0.25) is 5.02 Å². The van der Waals surface area contributed by atoms with Gasteiger partial charge in [-0.05, 0) is 49.0 Å². The third kappa shape index (κ3) is 5.54. The summed E-state index contributed by atoms with van der Waals surface area (Å²) >= 11 is 5.83. The molecule has 29 heavy (non-hydrogen) atoms. The first-order valence-electron chi connectivity index (χ1n) is 9.22. The summed E-state index contributed by atoms with van der Waals surface area (Å²) in [5, 5.41) is 0.476. The predicted octanol–water partition coefficient (Wildman–Crippen LogP) is 2.44. The summed E-state index contributed by atoms with van der Waals surface area (Å²) in [5.41, 5.74) is 0.917. The van der Waals surface area contributed by atoms with Gasteiger partial charge in [-0.3, -0.25) is 9.69 Å². The lowest BCUT2D eigenvalue weighted by Gasteiger charge is -2.34. The first-order valence-corrected chi connectivity index (χ1v) is 11.0. The van der Waals surface area contributed by atoms with E-state index in [0.717, 1.165) is 5.56 Å². The van der Waals surface area contributed by atoms with Crippen molar-refractivity contribution in [2.45, 2.75) is 11.4 Å². The van der Waals surface area contributed by atoms with Crippen LogP contribution < -0.4 is 0 Å². The standard InChI is InChI=1S/C20H23ClFN3O3S/c1-23(14-16-2-6-18(22)7-3-16)15-20(26)24-10-12-25(13-11-24)29(27,28)19-8-4-17(21)5-9-19/h2-9H,10-15H2,1H3. The number of hydrogen-bond acceptors (Lipinski definition) is 4. The maximum atomic E-state index is 13.0. The fourth-order valence-corrected chi connectivity index (χ4v) is 4.77. The quantitative estimate of drug-likeness (QED) is 0.693. The molecule has 0 bridgehead atoms. The molecule has 1 amide bonds. The normalized spacial score (nSPS) is 15.7. The number of piperazine rings is 1. The van der Waals surface area contributed by atoms with Crippen molar-refractivity contribution in [3.63, 3.8) is 0 Å². The second-order valence-corrected chi connectivity index (χ2v) is 9.41. The number of carbonyl (C=O) groups excluding carboxylic acids is 1. The van der Waals surface area contributed by atoms with Crippen LogP contribution in [0, 0.1) is 5.82 Å². The second kappa shape index (κ2) is 9.21. The zero-order valence-corrected chi connectivity index (χ0v) is 17.7. The molecular formula is C20H23ClFN3O3S. The number of benzene rings is 2. The monoisotopic (exact) mass is 439 g/mol. The van der Waals surface area contributed by atoms with Crippen molar-refractivity contribution in [1.82, 2.24) is 14.1 Å². The zero-order valence-electron chi connectivity index (χ0n) is 16.1. The lowest BCUT2D eigenvalue weighted by molar-refractivity contribution is -0.133. The van der Waals surface area contributed by atoms with E-state index in [-0.39, 0.29) is 36.3 Å². The molecule has 1 fully saturated rings. The molecule has 2 aromatic rings. The molecule has 0 unspecified atom stereocenters. The Hall–Kier alpha value is -2.00. The van der Waals surface area contributed by atoms with Crippen molar-refractivity contribution in [1.29, 1.82) is 0 Å². The Morgan fingerprint density at radius 3 is 2.21 bits per heavy atom. The van der Waals surface area contributed by atoms with Crippen LogP contribution >= 0.6 is 11.6 Å². The Kier molecular flexibility index (Phi) is 6.89. The number of amides is 1. The summed E-state index contributed by atoms with van der Waals surface area (Å²) in [6, 6.07) is 12.2. The highest BCUT2D eigenvalue weighted by atomic mass is 35.5. The largest absolute Gasteiger partial charge is 0.339 e. The van der Waals surface area contributed by atoms with Gasteiger partial charge in [0.25, 0.3) is 0 Å². The molecule has 1 aliphatic rings. The smallest absolute Gasteiger partial charge is 0.243 e. The van der Waals surface area contributed by atoms with Crippen LogP contribution in [0.1, 0.15) is 5.56 Å². The molecule has 0 aromatic heterocycles. The third-order valence-electron chi connectivity index (χ3n) is 4.81. The lowest BCUT2D eigenvalue weighted by atomic mass is 10.2. The summed E-state index contributed by atoms with van der Waals surface area (Å²) in [4.78, 5) is 16.3. The van der Waals surface area contributed by atoms with E-state index in [1.165, 1.54) is 28.6 Å². The number of nitrogens with zero attached hydrogens (tertiary/aromatic N) is 3. The van der Waals surface area contributed by atoms with Gasteiger partial charge < -0.3 is 4.90 Å². The van der Waals surface area contributed by atoms with E-state index in [2.05, 4.69) is 0 Å². The molecule has 9 heteroatoms. The van der Waals surface area contributed by atoms with Gasteiger partial charge >= 0.3 is 0 Å². The first kappa shape index (κ1) is 21.7. The molecule has 0 spiro atoms. The second-order valence-electron chi connectivity index (χ2n) is 7.04. The molecule has 1 heterocycles. The number of carbonyl (C=O) groups is 1. The fraction of sp³-hybridized carbons (Fsp3) is 0.350. The number of halogens is 2. The average Bonchev–Trinajstić information content (AvgIpc) is 2.70. The van der Waals surface area contributed by atoms with Gasteiger partial charge in [0.2, 0.25) is 15.9 Å². The van der Waals surface area contributed by atoms with Crippen molar-refractivity contribution < 1.29 is 17.6 Å². The molecule has 0 aliphatic carbocycles. The molecule has 0 radical (unpaired) electrons. The molecular weight excluding hydrogens is 417 g/mol. The molecule has 6 nitrogen and oxygen atoms in total. The van der Waals surface area contributed by atoms with Crippen LogP contribution in [0.3, 0.4) is 0 Å². The Bertz CT molecular complexity index is 944. The maximum Gasteiger partial charge on any atom is 0.243 e. The summed E-state index contributed by atoms with van der Waals surface area (Å²) in [6.45, 7) is 1.92. The third-order valence-corrected chi connectivity index (χ3v) is 6.98. The number of sulfonamides is 1. The van der Waals surface area contributed by atoms with Gasteiger partial charge in [-0.25, -0.2) is 12.8 Å². The Labute approximate surface area is 175 Å². The highest BCUT2D eigenvalue weighted by Crippen LogP contribution is 2.20. The zero-order chi connectivity index (χ0) is 21.0. The predicted molar refractivity (Wildman–Crippen MR) is 110 cm³/mol. The van der Waals surface area contributed by atoms with Crippen molar-refractivity contribution in [2.75, 3.05) is 39.8 Å². The van der Waals surface area contributed by atoms with Crippen LogP contribution in [0.15, 0.2) is 53.4 Å². The van der Waals surface area contributed by atoms with E-state index in [1.807, 2.05) is 11.9 Å². The van der Waals surface area contributed by atoms with Crippen LogP contribution in [0.4, 0.5) is 4.39 Å². The molecule has 0 saturated carbocycles. The molecule has 0 N–H and O–H groups in total. The first-order chi connectivity index (χ1) is 13.8. The minimum absolute atomic E-state index is 0.0573. The van der Waals surface area contributed by atoms with Crippen LogP contribution in [0.5, 0.6) is 0 Å². The van der Waals surface area contributed by atoms with Crippen molar-refractivity contribution in [2.24, 2.45) is 0 Å². The van der Waals surface area contributed by atoms with E-state index in [4.69, 9.17) is 11.6 Å². The minimum atomic E-state index is -3.60. The molecule has 1 saturated heterocycles. The Morgan fingerprint density at radius 2 is 1.62 bits per heavy atom. The summed E-state index contributed by atoms with van der Waals surface area (Å²) < 4.78 is 39.8. The SMILES string of the molecule is CN(CC(=O)N1CCN(S(=O)(=O)c2ccc(Cl)cc2)CC1)Cc1ccc(F)cc1. The summed E-state index contributed by atoms with van der Waals surface area (Å²) in [5.74, 6) is -0.350. The van der Waals surface area contributed by atoms with Crippen LogP contribution in [-0.2, 0) is 21.4 Å². The van der Waals surface area contributed by atoms with E-state index >= 15 is 0 Å². The Balaban J connectivity index is 1.52. The maximum absolute atomic E-state index is 13.0. The van der Waals surface area contributed by atoms with Gasteiger partial charge in [0.05, 0.1) is 11.4 Å². The van der Waals surface area contributed by atoms with Crippen molar-refractivity contribution in [3.05, 3.63) is 64.9 Å². The van der Waals surface area contributed by atoms with E-state index < -0.39 is 10.0 Å². The van der Waals surface area contributed by atoms with Gasteiger partial charge in [-0.15, -0.1) is 0 Å². The van der Waals surface area contributed by atoms with Crippen LogP contribution in [0.25, 0.3) is 0 Å². The summed E-state index contributed by atoms with van der Waals surface area (Å²) in [6.07, 6.45) is 0. The van der Waals surface area contributed by atoms with Gasteiger partial charge in [-0.1, -0.05) is 23.7 Å².